The van der Waals surface area contributed by atoms with Gasteiger partial charge in [-0.3, -0.25) is 4.68 Å². The fraction of sp³-hybridized carbons (Fsp3) is 0.571. The molecule has 8 nitrogen and oxygen atoms in total. The molecule has 2 fully saturated rings. The van der Waals surface area contributed by atoms with Crippen LogP contribution in [0.2, 0.25) is 5.15 Å². The Morgan fingerprint density at radius 3 is 2.75 bits per heavy atom. The molecule has 3 aromatic heterocycles. The summed E-state index contributed by atoms with van der Waals surface area (Å²) in [6, 6.07) is 3.49. The van der Waals surface area contributed by atoms with Crippen LogP contribution in [0.15, 0.2) is 18.3 Å². The van der Waals surface area contributed by atoms with Crippen LogP contribution in [0.5, 0.6) is 0 Å². The lowest BCUT2D eigenvalue weighted by Gasteiger charge is -2.32. The summed E-state index contributed by atoms with van der Waals surface area (Å²) >= 11 is 6.39. The summed E-state index contributed by atoms with van der Waals surface area (Å²) in [5.74, 6) is 0. The minimum Gasteiger partial charge on any atom is -0.393 e. The van der Waals surface area contributed by atoms with Crippen molar-refractivity contribution in [2.45, 2.75) is 57.4 Å². The highest BCUT2D eigenvalue weighted by molar-refractivity contribution is 6.30. The van der Waals surface area contributed by atoms with Gasteiger partial charge in [0.15, 0.2) is 6.23 Å². The van der Waals surface area contributed by atoms with Crippen LogP contribution in [0.1, 0.15) is 38.3 Å². The van der Waals surface area contributed by atoms with Crippen molar-refractivity contribution in [3.63, 3.8) is 0 Å². The third-order valence-corrected chi connectivity index (χ3v) is 6.30. The molecule has 172 valence electrons. The number of aliphatic hydroxyl groups is 1. The number of rotatable bonds is 5. The SMILES string of the molecule is OC1CCN(c2cc(Cl)nc3c(-c4ccnn4C4CCCCO4)nn(CC(F)F)c23)CC1. The van der Waals surface area contributed by atoms with Crippen molar-refractivity contribution in [1.29, 1.82) is 0 Å². The van der Waals surface area contributed by atoms with Gasteiger partial charge in [0.05, 0.1) is 17.5 Å². The van der Waals surface area contributed by atoms with E-state index in [9.17, 15) is 13.9 Å². The number of hydrogen-bond acceptors (Lipinski definition) is 6. The van der Waals surface area contributed by atoms with Gasteiger partial charge in [-0.15, -0.1) is 0 Å². The average Bonchev–Trinajstić information content (AvgIpc) is 3.39. The van der Waals surface area contributed by atoms with Gasteiger partial charge >= 0.3 is 0 Å². The van der Waals surface area contributed by atoms with Gasteiger partial charge in [-0.25, -0.2) is 18.4 Å². The van der Waals surface area contributed by atoms with Gasteiger partial charge in [-0.2, -0.15) is 10.2 Å². The smallest absolute Gasteiger partial charge is 0.257 e. The van der Waals surface area contributed by atoms with Crippen LogP contribution in [0.4, 0.5) is 14.5 Å². The zero-order chi connectivity index (χ0) is 22.2. The van der Waals surface area contributed by atoms with Crippen LogP contribution < -0.4 is 4.90 Å². The molecule has 2 saturated heterocycles. The summed E-state index contributed by atoms with van der Waals surface area (Å²) in [4.78, 5) is 6.55. The number of aromatic nitrogens is 5. The molecule has 1 unspecified atom stereocenters. The minimum atomic E-state index is -2.58. The first-order chi connectivity index (χ1) is 15.5. The predicted molar refractivity (Wildman–Crippen MR) is 116 cm³/mol. The third-order valence-electron chi connectivity index (χ3n) is 6.10. The van der Waals surface area contributed by atoms with Gasteiger partial charge in [-0.1, -0.05) is 11.6 Å². The fourth-order valence-electron chi connectivity index (χ4n) is 4.56. The van der Waals surface area contributed by atoms with Crippen LogP contribution in [-0.2, 0) is 11.3 Å². The summed E-state index contributed by atoms with van der Waals surface area (Å²) in [5.41, 5.74) is 2.78. The standard InChI is InChI=1S/C21H25ClF2N6O2/c22-16-11-15(28-8-5-13(31)6-9-28)21-20(26-16)19(27-29(21)12-17(23)24)14-4-7-25-30(14)18-3-1-2-10-32-18/h4,7,11,13,17-18,31H,1-3,5-6,8-10,12H2. The van der Waals surface area contributed by atoms with Crippen LogP contribution >= 0.6 is 11.6 Å². The molecule has 3 aromatic rings. The van der Waals surface area contributed by atoms with E-state index in [0.29, 0.717) is 60.6 Å². The Hall–Kier alpha value is -2.30. The molecule has 0 aliphatic carbocycles. The molecule has 0 radical (unpaired) electrons. The summed E-state index contributed by atoms with van der Waals surface area (Å²) < 4.78 is 35.9. The maximum atomic E-state index is 13.5. The largest absolute Gasteiger partial charge is 0.393 e. The molecule has 0 spiro atoms. The number of piperidine rings is 1. The van der Waals surface area contributed by atoms with Crippen molar-refractivity contribution in [2.75, 3.05) is 24.6 Å². The van der Waals surface area contributed by atoms with Gasteiger partial charge in [0.2, 0.25) is 0 Å². The van der Waals surface area contributed by atoms with Crippen LogP contribution in [0.3, 0.4) is 0 Å². The van der Waals surface area contributed by atoms with E-state index in [1.54, 1.807) is 23.0 Å². The van der Waals surface area contributed by atoms with E-state index >= 15 is 0 Å². The number of nitrogens with zero attached hydrogens (tertiary/aromatic N) is 6. The molecular weight excluding hydrogens is 442 g/mol. The van der Waals surface area contributed by atoms with Crippen molar-refractivity contribution in [3.8, 4) is 11.4 Å². The summed E-state index contributed by atoms with van der Waals surface area (Å²) in [6.45, 7) is 1.29. The lowest BCUT2D eigenvalue weighted by molar-refractivity contribution is -0.0384. The van der Waals surface area contributed by atoms with Gasteiger partial charge in [0.1, 0.15) is 28.4 Å². The van der Waals surface area contributed by atoms with E-state index < -0.39 is 13.0 Å². The van der Waals surface area contributed by atoms with E-state index in [2.05, 4.69) is 20.1 Å². The van der Waals surface area contributed by atoms with Gasteiger partial charge < -0.3 is 14.7 Å². The molecule has 0 bridgehead atoms. The number of pyridine rings is 1. The van der Waals surface area contributed by atoms with Crippen molar-refractivity contribution >= 4 is 28.3 Å². The lowest BCUT2D eigenvalue weighted by atomic mass is 10.1. The summed E-state index contributed by atoms with van der Waals surface area (Å²) in [7, 11) is 0. The highest BCUT2D eigenvalue weighted by Gasteiger charge is 2.28. The fourth-order valence-corrected chi connectivity index (χ4v) is 4.75. The highest BCUT2D eigenvalue weighted by Crippen LogP contribution is 2.37. The molecule has 5 heterocycles. The first-order valence-electron chi connectivity index (χ1n) is 10.9. The first-order valence-corrected chi connectivity index (χ1v) is 11.3. The molecule has 0 amide bonds. The molecular formula is C21H25ClF2N6O2. The molecule has 2 aliphatic rings. The molecule has 32 heavy (non-hydrogen) atoms. The van der Waals surface area contributed by atoms with Crippen molar-refractivity contribution in [1.82, 2.24) is 24.5 Å². The zero-order valence-electron chi connectivity index (χ0n) is 17.5. The maximum absolute atomic E-state index is 13.5. The zero-order valence-corrected chi connectivity index (χ0v) is 18.3. The Balaban J connectivity index is 1.66. The predicted octanol–water partition coefficient (Wildman–Crippen LogP) is 3.87. The van der Waals surface area contributed by atoms with Gasteiger partial charge in [0.25, 0.3) is 6.43 Å². The Labute approximate surface area is 188 Å². The average molecular weight is 467 g/mol. The lowest BCUT2D eigenvalue weighted by Crippen LogP contribution is -2.36. The second kappa shape index (κ2) is 8.92. The summed E-state index contributed by atoms with van der Waals surface area (Å²) in [5, 5.41) is 19.1. The van der Waals surface area contributed by atoms with E-state index in [1.165, 1.54) is 4.68 Å². The highest BCUT2D eigenvalue weighted by atomic mass is 35.5. The van der Waals surface area contributed by atoms with E-state index in [1.807, 2.05) is 0 Å². The van der Waals surface area contributed by atoms with E-state index in [-0.39, 0.29) is 17.5 Å². The number of fused-ring (bicyclic) bond motifs is 1. The Kier molecular flexibility index (Phi) is 6.00. The Morgan fingerprint density at radius 1 is 1.22 bits per heavy atom. The second-order valence-electron chi connectivity index (χ2n) is 8.28. The molecule has 0 saturated carbocycles. The molecule has 11 heteroatoms. The maximum Gasteiger partial charge on any atom is 0.257 e. The quantitative estimate of drug-likeness (QED) is 0.575. The van der Waals surface area contributed by atoms with Gasteiger partial charge in [-0.05, 0) is 38.2 Å². The number of aliphatic hydroxyl groups excluding tert-OH is 1. The number of alkyl halides is 2. The second-order valence-corrected chi connectivity index (χ2v) is 8.67. The third kappa shape index (κ3) is 4.06. The topological polar surface area (TPSA) is 81.2 Å². The first kappa shape index (κ1) is 21.5. The van der Waals surface area contributed by atoms with Crippen LogP contribution in [-0.4, -0.2) is 61.9 Å². The summed E-state index contributed by atoms with van der Waals surface area (Å²) in [6.07, 6.45) is 2.54. The van der Waals surface area contributed by atoms with Crippen LogP contribution in [0, 0.1) is 0 Å². The molecule has 1 N–H and O–H groups in total. The van der Waals surface area contributed by atoms with Crippen LogP contribution in [0.25, 0.3) is 22.4 Å². The molecule has 2 aliphatic heterocycles. The van der Waals surface area contributed by atoms with E-state index in [4.69, 9.17) is 16.3 Å². The monoisotopic (exact) mass is 466 g/mol. The Bertz CT molecular complexity index is 1090. The van der Waals surface area contributed by atoms with Crippen molar-refractivity contribution in [3.05, 3.63) is 23.5 Å². The minimum absolute atomic E-state index is 0.230. The molecule has 1 atom stereocenters. The van der Waals surface area contributed by atoms with E-state index in [0.717, 1.165) is 19.3 Å². The van der Waals surface area contributed by atoms with Gasteiger partial charge in [0, 0.05) is 32.0 Å². The number of halogens is 3. The number of ether oxygens (including phenoxy) is 1. The number of anilines is 1. The molecule has 0 aromatic carbocycles. The molecule has 5 rings (SSSR count). The number of hydrogen-bond donors (Lipinski definition) is 1. The Morgan fingerprint density at radius 2 is 2.03 bits per heavy atom. The van der Waals surface area contributed by atoms with Crippen molar-refractivity contribution in [2.24, 2.45) is 0 Å². The van der Waals surface area contributed by atoms with Crippen molar-refractivity contribution < 1.29 is 18.6 Å². The normalized spacial score (nSPS) is 20.5.